The smallest absolute Gasteiger partial charge is 0.318 e. The summed E-state index contributed by atoms with van der Waals surface area (Å²) < 4.78 is 0. The number of piperazine rings is 1. The van der Waals surface area contributed by atoms with Gasteiger partial charge >= 0.3 is 11.8 Å². The van der Waals surface area contributed by atoms with Gasteiger partial charge in [0.15, 0.2) is 0 Å². The Morgan fingerprint density at radius 1 is 1.20 bits per heavy atom. The number of anilines is 2. The molecule has 1 aromatic rings. The van der Waals surface area contributed by atoms with Crippen LogP contribution in [0, 0.1) is 0 Å². The van der Waals surface area contributed by atoms with Crippen molar-refractivity contribution in [2.24, 2.45) is 5.73 Å². The van der Waals surface area contributed by atoms with Crippen LogP contribution in [0.5, 0.6) is 0 Å². The number of nitrogens with one attached hydrogen (secondary N) is 1. The van der Waals surface area contributed by atoms with Crippen LogP contribution in [0.2, 0.25) is 0 Å². The van der Waals surface area contributed by atoms with E-state index in [4.69, 9.17) is 5.73 Å². The molecule has 2 rings (SSSR count). The molecule has 8 heteroatoms. The first-order valence-corrected chi connectivity index (χ1v) is 8.36. The van der Waals surface area contributed by atoms with Crippen molar-refractivity contribution in [3.05, 3.63) is 24.3 Å². The van der Waals surface area contributed by atoms with Crippen molar-refractivity contribution in [1.29, 1.82) is 0 Å². The molecule has 1 aliphatic rings. The van der Waals surface area contributed by atoms with Gasteiger partial charge in [-0.15, -0.1) is 0 Å². The molecular formula is C17H25N5O3. The SMILES string of the molecule is CN1CCN(c2ccc(NC(=O)C(=O)N(C=O)CCCN)cc2)CC1. The van der Waals surface area contributed by atoms with Crippen LogP contribution in [-0.4, -0.2) is 74.3 Å². The molecule has 1 fully saturated rings. The minimum atomic E-state index is -0.883. The molecular weight excluding hydrogens is 322 g/mol. The molecule has 136 valence electrons. The molecule has 0 aliphatic carbocycles. The van der Waals surface area contributed by atoms with E-state index in [1.54, 1.807) is 12.1 Å². The molecule has 3 N–H and O–H groups in total. The fourth-order valence-electron chi connectivity index (χ4n) is 2.60. The number of amides is 3. The zero-order chi connectivity index (χ0) is 18.2. The monoisotopic (exact) mass is 347 g/mol. The number of nitrogens with zero attached hydrogens (tertiary/aromatic N) is 3. The molecule has 0 spiro atoms. The van der Waals surface area contributed by atoms with E-state index < -0.39 is 11.8 Å². The van der Waals surface area contributed by atoms with Gasteiger partial charge in [-0.25, -0.2) is 0 Å². The van der Waals surface area contributed by atoms with Gasteiger partial charge in [-0.2, -0.15) is 0 Å². The van der Waals surface area contributed by atoms with Crippen LogP contribution in [0.25, 0.3) is 0 Å². The van der Waals surface area contributed by atoms with Crippen molar-refractivity contribution in [1.82, 2.24) is 9.80 Å². The number of benzene rings is 1. The van der Waals surface area contributed by atoms with E-state index in [2.05, 4.69) is 22.2 Å². The van der Waals surface area contributed by atoms with Crippen LogP contribution in [0.15, 0.2) is 24.3 Å². The Balaban J connectivity index is 1.92. The maximum atomic E-state index is 12.0. The summed E-state index contributed by atoms with van der Waals surface area (Å²) in [5.74, 6) is -1.72. The second kappa shape index (κ2) is 9.14. The minimum absolute atomic E-state index is 0.134. The number of rotatable bonds is 6. The number of hydrogen-bond donors (Lipinski definition) is 2. The van der Waals surface area contributed by atoms with Gasteiger partial charge in [0.1, 0.15) is 0 Å². The van der Waals surface area contributed by atoms with E-state index in [0.29, 0.717) is 25.1 Å². The Kier molecular flexibility index (Phi) is 6.91. The average Bonchev–Trinajstić information content (AvgIpc) is 2.63. The van der Waals surface area contributed by atoms with Crippen molar-refractivity contribution in [3.63, 3.8) is 0 Å². The topological polar surface area (TPSA) is 99.0 Å². The largest absolute Gasteiger partial charge is 0.369 e. The summed E-state index contributed by atoms with van der Waals surface area (Å²) in [4.78, 5) is 40.3. The Morgan fingerprint density at radius 3 is 2.40 bits per heavy atom. The highest BCUT2D eigenvalue weighted by Gasteiger charge is 2.21. The summed E-state index contributed by atoms with van der Waals surface area (Å²) in [5.41, 5.74) is 6.95. The molecule has 0 saturated carbocycles. The molecule has 3 amide bonds. The number of carbonyl (C=O) groups is 3. The van der Waals surface area contributed by atoms with Crippen LogP contribution in [0.3, 0.4) is 0 Å². The third-order valence-corrected chi connectivity index (χ3v) is 4.18. The number of likely N-dealkylation sites (N-methyl/N-ethyl adjacent to an activating group) is 1. The minimum Gasteiger partial charge on any atom is -0.369 e. The summed E-state index contributed by atoms with van der Waals surface area (Å²) in [6, 6.07) is 7.34. The lowest BCUT2D eigenvalue weighted by Crippen LogP contribution is -2.44. The van der Waals surface area contributed by atoms with Gasteiger partial charge in [0.05, 0.1) is 0 Å². The van der Waals surface area contributed by atoms with Gasteiger partial charge in [-0.1, -0.05) is 0 Å². The Labute approximate surface area is 147 Å². The molecule has 0 aromatic heterocycles. The zero-order valence-corrected chi connectivity index (χ0v) is 14.5. The summed E-state index contributed by atoms with van der Waals surface area (Å²) in [5, 5.41) is 2.52. The van der Waals surface area contributed by atoms with Gasteiger partial charge in [-0.3, -0.25) is 19.3 Å². The standard InChI is InChI=1S/C17H25N5O3/c1-20-9-11-21(12-10-20)15-5-3-14(4-6-15)19-16(24)17(25)22(13-23)8-2-7-18/h3-6,13H,2,7-12,18H2,1H3,(H,19,24). The summed E-state index contributed by atoms with van der Waals surface area (Å²) in [6.45, 7) is 4.41. The lowest BCUT2D eigenvalue weighted by atomic mass is 10.2. The maximum absolute atomic E-state index is 12.0. The van der Waals surface area contributed by atoms with Crippen molar-refractivity contribution in [2.45, 2.75) is 6.42 Å². The highest BCUT2D eigenvalue weighted by Crippen LogP contribution is 2.19. The highest BCUT2D eigenvalue weighted by molar-refractivity contribution is 6.41. The van der Waals surface area contributed by atoms with E-state index in [-0.39, 0.29) is 6.54 Å². The number of hydrogen-bond acceptors (Lipinski definition) is 6. The normalized spacial score (nSPS) is 14.9. The van der Waals surface area contributed by atoms with Crippen LogP contribution in [0.1, 0.15) is 6.42 Å². The fourth-order valence-corrected chi connectivity index (χ4v) is 2.60. The molecule has 0 radical (unpaired) electrons. The first-order chi connectivity index (χ1) is 12.0. The quantitative estimate of drug-likeness (QED) is 0.542. The third kappa shape index (κ3) is 5.27. The van der Waals surface area contributed by atoms with Crippen molar-refractivity contribution < 1.29 is 14.4 Å². The molecule has 25 heavy (non-hydrogen) atoms. The van der Waals surface area contributed by atoms with Gasteiger partial charge in [-0.05, 0) is 44.3 Å². The third-order valence-electron chi connectivity index (χ3n) is 4.18. The first kappa shape index (κ1) is 18.9. The summed E-state index contributed by atoms with van der Waals surface area (Å²) in [6.07, 6.45) is 0.811. The van der Waals surface area contributed by atoms with Gasteiger partial charge < -0.3 is 20.9 Å². The molecule has 0 unspecified atom stereocenters. The molecule has 0 bridgehead atoms. The molecule has 8 nitrogen and oxygen atoms in total. The van der Waals surface area contributed by atoms with Crippen molar-refractivity contribution >= 4 is 29.6 Å². The van der Waals surface area contributed by atoms with Crippen LogP contribution in [0.4, 0.5) is 11.4 Å². The van der Waals surface area contributed by atoms with Gasteiger partial charge in [0.25, 0.3) is 0 Å². The maximum Gasteiger partial charge on any atom is 0.318 e. The second-order valence-corrected chi connectivity index (χ2v) is 6.04. The van der Waals surface area contributed by atoms with E-state index in [1.165, 1.54) is 0 Å². The van der Waals surface area contributed by atoms with E-state index >= 15 is 0 Å². The number of imide groups is 1. The fraction of sp³-hybridized carbons (Fsp3) is 0.471. The van der Waals surface area contributed by atoms with Crippen LogP contribution in [-0.2, 0) is 14.4 Å². The summed E-state index contributed by atoms with van der Waals surface area (Å²) in [7, 11) is 2.10. The Morgan fingerprint density at radius 2 is 1.84 bits per heavy atom. The first-order valence-electron chi connectivity index (χ1n) is 8.36. The molecule has 1 aromatic carbocycles. The van der Waals surface area contributed by atoms with E-state index in [9.17, 15) is 14.4 Å². The molecule has 1 aliphatic heterocycles. The number of carbonyl (C=O) groups excluding carboxylic acids is 3. The van der Waals surface area contributed by atoms with Gasteiger partial charge in [0.2, 0.25) is 6.41 Å². The van der Waals surface area contributed by atoms with Crippen molar-refractivity contribution in [2.75, 3.05) is 56.5 Å². The Bertz CT molecular complexity index is 597. The van der Waals surface area contributed by atoms with E-state index in [1.807, 2.05) is 12.1 Å². The van der Waals surface area contributed by atoms with Crippen LogP contribution < -0.4 is 16.0 Å². The highest BCUT2D eigenvalue weighted by atomic mass is 16.2. The zero-order valence-electron chi connectivity index (χ0n) is 14.5. The number of nitrogens with two attached hydrogens (primary N) is 1. The van der Waals surface area contributed by atoms with Crippen LogP contribution >= 0.6 is 0 Å². The summed E-state index contributed by atoms with van der Waals surface area (Å²) >= 11 is 0. The lowest BCUT2D eigenvalue weighted by Gasteiger charge is -2.34. The van der Waals surface area contributed by atoms with Gasteiger partial charge in [0, 0.05) is 44.1 Å². The average molecular weight is 347 g/mol. The molecule has 1 saturated heterocycles. The molecule has 1 heterocycles. The predicted molar refractivity (Wildman–Crippen MR) is 96.2 cm³/mol. The Hall–Kier alpha value is -2.45. The molecule has 0 atom stereocenters. The van der Waals surface area contributed by atoms with Crippen molar-refractivity contribution in [3.8, 4) is 0 Å². The second-order valence-electron chi connectivity index (χ2n) is 6.04. The lowest BCUT2D eigenvalue weighted by molar-refractivity contribution is -0.146. The van der Waals surface area contributed by atoms with E-state index in [0.717, 1.165) is 36.8 Å². The predicted octanol–water partition coefficient (Wildman–Crippen LogP) is -0.289.